The van der Waals surface area contributed by atoms with E-state index in [2.05, 4.69) is 5.32 Å². The van der Waals surface area contributed by atoms with Crippen LogP contribution in [0.2, 0.25) is 0 Å². The Hall–Kier alpha value is -0.770. The lowest BCUT2D eigenvalue weighted by Gasteiger charge is -2.39. The molecule has 0 unspecified atom stereocenters. The van der Waals surface area contributed by atoms with E-state index in [1.165, 1.54) is 12.8 Å². The highest BCUT2D eigenvalue weighted by Gasteiger charge is 2.59. The number of carbonyl (C=O) groups excluding carboxylic acids is 1. The minimum absolute atomic E-state index is 0.107. The maximum Gasteiger partial charge on any atom is 0.408 e. The molecule has 2 aliphatic carbocycles. The van der Waals surface area contributed by atoms with Gasteiger partial charge in [0.15, 0.2) is 0 Å². The zero-order chi connectivity index (χ0) is 13.4. The highest BCUT2D eigenvalue weighted by molar-refractivity contribution is 5.69. The molecule has 18 heavy (non-hydrogen) atoms. The number of nitrogens with one attached hydrogen (secondary N) is 1. The molecule has 0 aromatic rings. The van der Waals surface area contributed by atoms with E-state index in [1.807, 2.05) is 20.8 Å². The molecule has 0 spiro atoms. The highest BCUT2D eigenvalue weighted by atomic mass is 16.6. The summed E-state index contributed by atoms with van der Waals surface area (Å²) in [6, 6.07) is 0. The van der Waals surface area contributed by atoms with Crippen LogP contribution in [0.15, 0.2) is 0 Å². The fourth-order valence-corrected chi connectivity index (χ4v) is 3.29. The standard InChI is InChI=1S/C14H26N2O2/c1-12(2,3)18-11(17)16-14(6-4-5-7-14)13(10-15)8-9-13/h4-10,15H2,1-3H3,(H,16,17). The van der Waals surface area contributed by atoms with Gasteiger partial charge in [0.2, 0.25) is 0 Å². The Morgan fingerprint density at radius 3 is 2.17 bits per heavy atom. The average Bonchev–Trinajstić information content (AvgIpc) is 2.92. The zero-order valence-corrected chi connectivity index (χ0v) is 11.8. The maximum atomic E-state index is 12.0. The van der Waals surface area contributed by atoms with Crippen molar-refractivity contribution in [3.8, 4) is 0 Å². The van der Waals surface area contributed by atoms with Crippen molar-refractivity contribution in [3.05, 3.63) is 0 Å². The zero-order valence-electron chi connectivity index (χ0n) is 11.8. The van der Waals surface area contributed by atoms with Crippen molar-refractivity contribution in [1.29, 1.82) is 0 Å². The molecule has 0 aromatic carbocycles. The summed E-state index contributed by atoms with van der Waals surface area (Å²) in [5.74, 6) is 0. The Bertz CT molecular complexity index is 323. The Balaban J connectivity index is 2.06. The number of hydrogen-bond donors (Lipinski definition) is 2. The molecule has 0 atom stereocenters. The van der Waals surface area contributed by atoms with Crippen LogP contribution in [-0.2, 0) is 4.74 Å². The van der Waals surface area contributed by atoms with Crippen molar-refractivity contribution in [2.75, 3.05) is 6.54 Å². The van der Waals surface area contributed by atoms with Gasteiger partial charge in [-0.2, -0.15) is 0 Å². The second-order valence-corrected chi connectivity index (χ2v) is 6.90. The summed E-state index contributed by atoms with van der Waals surface area (Å²) < 4.78 is 5.40. The molecule has 0 saturated heterocycles. The quantitative estimate of drug-likeness (QED) is 0.813. The fraction of sp³-hybridized carbons (Fsp3) is 0.929. The third-order valence-electron chi connectivity index (χ3n) is 4.46. The first-order valence-corrected chi connectivity index (χ1v) is 7.04. The minimum atomic E-state index is -0.441. The molecule has 0 heterocycles. The van der Waals surface area contributed by atoms with Crippen LogP contribution >= 0.6 is 0 Å². The van der Waals surface area contributed by atoms with Gasteiger partial charge in [-0.1, -0.05) is 12.8 Å². The number of amides is 1. The molecular weight excluding hydrogens is 228 g/mol. The van der Waals surface area contributed by atoms with Gasteiger partial charge in [0.1, 0.15) is 5.60 Å². The molecule has 4 nitrogen and oxygen atoms in total. The molecule has 104 valence electrons. The summed E-state index contributed by atoms with van der Waals surface area (Å²) in [5, 5.41) is 3.16. The van der Waals surface area contributed by atoms with Crippen LogP contribution < -0.4 is 11.1 Å². The monoisotopic (exact) mass is 254 g/mol. The lowest BCUT2D eigenvalue weighted by molar-refractivity contribution is 0.0394. The van der Waals surface area contributed by atoms with Gasteiger partial charge in [0.05, 0.1) is 5.54 Å². The first-order chi connectivity index (χ1) is 8.33. The van der Waals surface area contributed by atoms with Crippen molar-refractivity contribution in [1.82, 2.24) is 5.32 Å². The van der Waals surface area contributed by atoms with Gasteiger partial charge >= 0.3 is 6.09 Å². The lowest BCUT2D eigenvalue weighted by atomic mass is 9.79. The topological polar surface area (TPSA) is 64.3 Å². The van der Waals surface area contributed by atoms with Crippen molar-refractivity contribution in [2.24, 2.45) is 11.1 Å². The third kappa shape index (κ3) is 2.48. The van der Waals surface area contributed by atoms with Crippen LogP contribution in [0.3, 0.4) is 0 Å². The van der Waals surface area contributed by atoms with E-state index in [0.29, 0.717) is 6.54 Å². The second-order valence-electron chi connectivity index (χ2n) is 6.90. The number of ether oxygens (including phenoxy) is 1. The van der Waals surface area contributed by atoms with Crippen LogP contribution in [0.4, 0.5) is 4.79 Å². The smallest absolute Gasteiger partial charge is 0.408 e. The van der Waals surface area contributed by atoms with Gasteiger partial charge in [-0.05, 0) is 46.5 Å². The molecule has 1 amide bonds. The number of rotatable bonds is 3. The van der Waals surface area contributed by atoms with E-state index in [9.17, 15) is 4.79 Å². The molecule has 3 N–H and O–H groups in total. The van der Waals surface area contributed by atoms with Gasteiger partial charge in [0.25, 0.3) is 0 Å². The van der Waals surface area contributed by atoms with Crippen molar-refractivity contribution in [3.63, 3.8) is 0 Å². The lowest BCUT2D eigenvalue weighted by Crippen LogP contribution is -2.56. The number of alkyl carbamates (subject to hydrolysis) is 1. The van der Waals surface area contributed by atoms with E-state index >= 15 is 0 Å². The summed E-state index contributed by atoms with van der Waals surface area (Å²) in [4.78, 5) is 12.0. The van der Waals surface area contributed by atoms with Crippen molar-refractivity contribution < 1.29 is 9.53 Å². The predicted molar refractivity (Wildman–Crippen MR) is 71.3 cm³/mol. The summed E-state index contributed by atoms with van der Waals surface area (Å²) in [5.41, 5.74) is 5.54. The Morgan fingerprint density at radius 1 is 1.22 bits per heavy atom. The highest BCUT2D eigenvalue weighted by Crippen LogP contribution is 2.58. The summed E-state index contributed by atoms with van der Waals surface area (Å²) in [6.45, 7) is 6.35. The van der Waals surface area contributed by atoms with Crippen LogP contribution in [0.5, 0.6) is 0 Å². The predicted octanol–water partition coefficient (Wildman–Crippen LogP) is 2.56. The summed E-state index contributed by atoms with van der Waals surface area (Å²) >= 11 is 0. The fourth-order valence-electron chi connectivity index (χ4n) is 3.29. The molecule has 4 heteroatoms. The van der Waals surface area contributed by atoms with Crippen LogP contribution in [-0.4, -0.2) is 23.8 Å². The molecule has 0 radical (unpaired) electrons. The summed E-state index contributed by atoms with van der Waals surface area (Å²) in [6.07, 6.45) is 6.43. The Morgan fingerprint density at radius 2 is 1.78 bits per heavy atom. The van der Waals surface area contributed by atoms with Gasteiger partial charge in [-0.25, -0.2) is 4.79 Å². The number of carbonyl (C=O) groups is 1. The molecule has 0 bridgehead atoms. The van der Waals surface area contributed by atoms with Crippen molar-refractivity contribution >= 4 is 6.09 Å². The first kappa shape index (κ1) is 13.7. The SMILES string of the molecule is CC(C)(C)OC(=O)NC1(C2(CN)CC2)CCCC1. The Kier molecular flexibility index (Phi) is 3.34. The Labute approximate surface area is 110 Å². The average molecular weight is 254 g/mol. The van der Waals surface area contributed by atoms with Gasteiger partial charge in [-0.3, -0.25) is 0 Å². The molecule has 2 rings (SSSR count). The van der Waals surface area contributed by atoms with E-state index < -0.39 is 5.60 Å². The molecule has 0 aromatic heterocycles. The maximum absolute atomic E-state index is 12.0. The third-order valence-corrected chi connectivity index (χ3v) is 4.46. The minimum Gasteiger partial charge on any atom is -0.444 e. The molecule has 2 fully saturated rings. The summed E-state index contributed by atoms with van der Waals surface area (Å²) in [7, 11) is 0. The van der Waals surface area contributed by atoms with E-state index in [-0.39, 0.29) is 17.0 Å². The van der Waals surface area contributed by atoms with Crippen molar-refractivity contribution in [2.45, 2.75) is 70.4 Å². The van der Waals surface area contributed by atoms with Gasteiger partial charge in [-0.15, -0.1) is 0 Å². The second kappa shape index (κ2) is 4.41. The van der Waals surface area contributed by atoms with Crippen LogP contribution in [0.25, 0.3) is 0 Å². The number of nitrogens with two attached hydrogens (primary N) is 1. The largest absolute Gasteiger partial charge is 0.444 e. The molecule has 2 saturated carbocycles. The van der Waals surface area contributed by atoms with Gasteiger partial charge in [0, 0.05) is 12.0 Å². The first-order valence-electron chi connectivity index (χ1n) is 7.04. The van der Waals surface area contributed by atoms with Crippen LogP contribution in [0.1, 0.15) is 59.3 Å². The molecule has 2 aliphatic rings. The van der Waals surface area contributed by atoms with Gasteiger partial charge < -0.3 is 15.8 Å². The normalized spacial score (nSPS) is 24.7. The van der Waals surface area contributed by atoms with E-state index in [0.717, 1.165) is 25.7 Å². The molecular formula is C14H26N2O2. The number of hydrogen-bond acceptors (Lipinski definition) is 3. The van der Waals surface area contributed by atoms with E-state index in [1.54, 1.807) is 0 Å². The van der Waals surface area contributed by atoms with E-state index in [4.69, 9.17) is 10.5 Å². The van der Waals surface area contributed by atoms with Crippen LogP contribution in [0, 0.1) is 5.41 Å². The molecule has 0 aliphatic heterocycles.